The Kier molecular flexibility index (Phi) is 11.3. The van der Waals surface area contributed by atoms with Gasteiger partial charge in [0.15, 0.2) is 0 Å². The Balaban J connectivity index is 2.69. The molecule has 11 heavy (non-hydrogen) atoms. The van der Waals surface area contributed by atoms with Crippen molar-refractivity contribution in [1.82, 2.24) is 5.32 Å². The van der Waals surface area contributed by atoms with Crippen LogP contribution < -0.4 is 5.32 Å². The summed E-state index contributed by atoms with van der Waals surface area (Å²) in [6.07, 6.45) is 0. The molecule has 1 radical (unpaired) electrons. The highest BCUT2D eigenvalue weighted by Crippen LogP contribution is 1.97. The first-order valence-electron chi connectivity index (χ1n) is 4.20. The summed E-state index contributed by atoms with van der Waals surface area (Å²) in [5.74, 6) is 4.85. The third kappa shape index (κ3) is 10.7. The molecule has 0 unspecified atom stereocenters. The van der Waals surface area contributed by atoms with E-state index in [-0.39, 0.29) is 0 Å². The molecule has 67 valence electrons. The minimum absolute atomic E-state index is 1.04. The number of hydrogen-bond acceptors (Lipinski definition) is 2. The minimum Gasteiger partial charge on any atom is -0.240 e. The number of hydrogen-bond donors (Lipinski definition) is 0. The van der Waals surface area contributed by atoms with Crippen LogP contribution in [-0.4, -0.2) is 36.1 Å². The largest absolute Gasteiger partial charge is 0.240 e. The van der Waals surface area contributed by atoms with Gasteiger partial charge in [0, 0.05) is 24.6 Å². The molecular formula is C8H18NS2. The van der Waals surface area contributed by atoms with Gasteiger partial charge in [-0.05, 0) is 11.5 Å². The van der Waals surface area contributed by atoms with Crippen LogP contribution in [0.3, 0.4) is 0 Å². The van der Waals surface area contributed by atoms with Gasteiger partial charge in [0.2, 0.25) is 0 Å². The van der Waals surface area contributed by atoms with Crippen molar-refractivity contribution in [1.29, 1.82) is 0 Å². The summed E-state index contributed by atoms with van der Waals surface area (Å²) in [5.41, 5.74) is 0. The number of thioether (sulfide) groups is 2. The predicted molar refractivity (Wildman–Crippen MR) is 57.9 cm³/mol. The van der Waals surface area contributed by atoms with Crippen LogP contribution >= 0.6 is 23.5 Å². The van der Waals surface area contributed by atoms with E-state index in [0.717, 1.165) is 13.1 Å². The molecule has 0 heterocycles. The highest BCUT2D eigenvalue weighted by atomic mass is 32.2. The highest BCUT2D eigenvalue weighted by Gasteiger charge is 1.88. The van der Waals surface area contributed by atoms with Gasteiger partial charge in [0.1, 0.15) is 0 Å². The van der Waals surface area contributed by atoms with Gasteiger partial charge in [0.05, 0.1) is 0 Å². The van der Waals surface area contributed by atoms with Gasteiger partial charge in [-0.2, -0.15) is 23.5 Å². The second-order valence-electron chi connectivity index (χ2n) is 2.06. The van der Waals surface area contributed by atoms with E-state index in [1.165, 1.54) is 23.0 Å². The molecular weight excluding hydrogens is 174 g/mol. The Labute approximate surface area is 79.1 Å². The van der Waals surface area contributed by atoms with Crippen molar-refractivity contribution in [3.05, 3.63) is 0 Å². The normalized spacial score (nSPS) is 10.4. The topological polar surface area (TPSA) is 14.1 Å². The maximum Gasteiger partial charge on any atom is 0.0224 e. The Morgan fingerprint density at radius 3 is 1.73 bits per heavy atom. The van der Waals surface area contributed by atoms with Gasteiger partial charge in [-0.15, -0.1) is 0 Å². The van der Waals surface area contributed by atoms with Gasteiger partial charge in [0.25, 0.3) is 0 Å². The van der Waals surface area contributed by atoms with E-state index in [1.807, 2.05) is 23.5 Å². The minimum atomic E-state index is 1.04. The SMILES string of the molecule is CCSCC[N]CCSCC. The summed E-state index contributed by atoms with van der Waals surface area (Å²) in [6, 6.07) is 0. The molecule has 0 fully saturated rings. The molecule has 0 rings (SSSR count). The van der Waals surface area contributed by atoms with E-state index in [9.17, 15) is 0 Å². The van der Waals surface area contributed by atoms with Crippen molar-refractivity contribution in [2.75, 3.05) is 36.1 Å². The van der Waals surface area contributed by atoms with Crippen molar-refractivity contribution in [2.24, 2.45) is 0 Å². The van der Waals surface area contributed by atoms with Crippen LogP contribution in [-0.2, 0) is 0 Å². The van der Waals surface area contributed by atoms with Crippen LogP contribution in [0.15, 0.2) is 0 Å². The molecule has 0 aliphatic heterocycles. The standard InChI is InChI=1S/C8H18NS2/c1-3-10-7-5-9-6-8-11-4-2/h3-8H2,1-2H3. The zero-order chi connectivity index (χ0) is 8.36. The molecule has 0 N–H and O–H groups in total. The lowest BCUT2D eigenvalue weighted by molar-refractivity contribution is 0.757. The van der Waals surface area contributed by atoms with Gasteiger partial charge in [-0.1, -0.05) is 13.8 Å². The molecule has 0 bridgehead atoms. The van der Waals surface area contributed by atoms with Crippen LogP contribution in [0.4, 0.5) is 0 Å². The van der Waals surface area contributed by atoms with E-state index in [1.54, 1.807) is 0 Å². The van der Waals surface area contributed by atoms with Crippen LogP contribution in [0.5, 0.6) is 0 Å². The molecule has 0 aromatic heterocycles. The zero-order valence-electron chi connectivity index (χ0n) is 7.51. The summed E-state index contributed by atoms with van der Waals surface area (Å²) >= 11 is 3.94. The van der Waals surface area contributed by atoms with Gasteiger partial charge < -0.3 is 0 Å². The molecule has 1 nitrogen and oxygen atoms in total. The maximum atomic E-state index is 4.40. The van der Waals surface area contributed by atoms with Crippen LogP contribution in [0, 0.1) is 0 Å². The lowest BCUT2D eigenvalue weighted by Crippen LogP contribution is -2.12. The van der Waals surface area contributed by atoms with Crippen molar-refractivity contribution in [3.63, 3.8) is 0 Å². The van der Waals surface area contributed by atoms with Gasteiger partial charge >= 0.3 is 0 Å². The van der Waals surface area contributed by atoms with Gasteiger partial charge in [-0.3, -0.25) is 0 Å². The Bertz CT molecular complexity index is 61.1. The fourth-order valence-electron chi connectivity index (χ4n) is 0.659. The summed E-state index contributed by atoms with van der Waals surface area (Å²) in [6.45, 7) is 6.47. The molecule has 0 spiro atoms. The molecule has 0 aromatic rings. The summed E-state index contributed by atoms with van der Waals surface area (Å²) < 4.78 is 0. The lowest BCUT2D eigenvalue weighted by atomic mass is 10.7. The Morgan fingerprint density at radius 2 is 1.36 bits per heavy atom. The highest BCUT2D eigenvalue weighted by molar-refractivity contribution is 7.99. The third-order valence-corrected chi connectivity index (χ3v) is 2.95. The quantitative estimate of drug-likeness (QED) is 0.547. The molecule has 0 aliphatic rings. The molecule has 0 saturated carbocycles. The van der Waals surface area contributed by atoms with Gasteiger partial charge in [-0.25, -0.2) is 5.32 Å². The van der Waals surface area contributed by atoms with Crippen molar-refractivity contribution >= 4 is 23.5 Å². The second-order valence-corrected chi connectivity index (χ2v) is 4.85. The first-order chi connectivity index (χ1) is 5.41. The van der Waals surface area contributed by atoms with Crippen LogP contribution in [0.2, 0.25) is 0 Å². The fourth-order valence-corrected chi connectivity index (χ4v) is 1.75. The molecule has 0 aromatic carbocycles. The smallest absolute Gasteiger partial charge is 0.0224 e. The number of rotatable bonds is 8. The average molecular weight is 192 g/mol. The first kappa shape index (κ1) is 11.7. The third-order valence-electron chi connectivity index (χ3n) is 1.20. The second kappa shape index (κ2) is 10.7. The van der Waals surface area contributed by atoms with Crippen LogP contribution in [0.1, 0.15) is 13.8 Å². The number of nitrogens with zero attached hydrogens (tertiary/aromatic N) is 1. The van der Waals surface area contributed by atoms with Crippen molar-refractivity contribution in [2.45, 2.75) is 13.8 Å². The summed E-state index contributed by atoms with van der Waals surface area (Å²) in [7, 11) is 0. The first-order valence-corrected chi connectivity index (χ1v) is 6.51. The predicted octanol–water partition coefficient (Wildman–Crippen LogP) is 2.10. The zero-order valence-corrected chi connectivity index (χ0v) is 9.14. The van der Waals surface area contributed by atoms with Crippen molar-refractivity contribution in [3.8, 4) is 0 Å². The van der Waals surface area contributed by atoms with Crippen molar-refractivity contribution < 1.29 is 0 Å². The average Bonchev–Trinajstić information content (AvgIpc) is 2.03. The summed E-state index contributed by atoms with van der Waals surface area (Å²) in [4.78, 5) is 0. The fraction of sp³-hybridized carbons (Fsp3) is 1.00. The van der Waals surface area contributed by atoms with E-state index in [2.05, 4.69) is 19.2 Å². The lowest BCUT2D eigenvalue weighted by Gasteiger charge is -1.99. The Hall–Kier alpha value is 0.660. The molecule has 0 amide bonds. The van der Waals surface area contributed by atoms with E-state index >= 15 is 0 Å². The molecule has 3 heteroatoms. The monoisotopic (exact) mass is 192 g/mol. The van der Waals surface area contributed by atoms with E-state index < -0.39 is 0 Å². The molecule has 0 atom stereocenters. The Morgan fingerprint density at radius 1 is 0.909 bits per heavy atom. The van der Waals surface area contributed by atoms with Crippen LogP contribution in [0.25, 0.3) is 0 Å². The van der Waals surface area contributed by atoms with E-state index in [4.69, 9.17) is 0 Å². The summed E-state index contributed by atoms with van der Waals surface area (Å²) in [5, 5.41) is 4.40. The maximum absolute atomic E-state index is 4.40. The van der Waals surface area contributed by atoms with E-state index in [0.29, 0.717) is 0 Å². The molecule has 0 aliphatic carbocycles. The molecule has 0 saturated heterocycles.